The highest BCUT2D eigenvalue weighted by molar-refractivity contribution is 6.32. The van der Waals surface area contributed by atoms with E-state index in [2.05, 4.69) is 4.98 Å². The zero-order chi connectivity index (χ0) is 20.3. The molecule has 0 aliphatic rings. The number of hydrogen-bond acceptors (Lipinski definition) is 5. The van der Waals surface area contributed by atoms with Crippen LogP contribution in [0.5, 0.6) is 0 Å². The van der Waals surface area contributed by atoms with E-state index in [0.717, 1.165) is 12.6 Å². The molecule has 6 nitrogen and oxygen atoms in total. The quantitative estimate of drug-likeness (QED) is 0.510. The van der Waals surface area contributed by atoms with Crippen molar-refractivity contribution in [2.24, 2.45) is 5.41 Å². The van der Waals surface area contributed by atoms with E-state index in [0.29, 0.717) is 12.5 Å². The zero-order valence-corrected chi connectivity index (χ0v) is 15.6. The van der Waals surface area contributed by atoms with Crippen LogP contribution in [-0.2, 0) is 10.5 Å². The Morgan fingerprint density at radius 3 is 2.38 bits per heavy atom. The van der Waals surface area contributed by atoms with E-state index in [4.69, 9.17) is 16.3 Å². The summed E-state index contributed by atoms with van der Waals surface area (Å²) in [5.41, 5.74) is -2.16. The molecule has 1 atom stereocenters. The Morgan fingerprint density at radius 1 is 1.35 bits per heavy atom. The smallest absolute Gasteiger partial charge is 0.445 e. The highest BCUT2D eigenvalue weighted by Crippen LogP contribution is 2.41. The van der Waals surface area contributed by atoms with Crippen LogP contribution in [-0.4, -0.2) is 33.6 Å². The number of carbonyl (C=O) groups excluding carboxylic acids is 1. The van der Waals surface area contributed by atoms with Crippen molar-refractivity contribution in [1.82, 2.24) is 4.98 Å². The second kappa shape index (κ2) is 7.98. The average Bonchev–Trinajstić information content (AvgIpc) is 2.46. The number of nitrogens with zero attached hydrogens (tertiary/aromatic N) is 1. The first-order chi connectivity index (χ1) is 11.7. The molecular weight excluding hydrogens is 377 g/mol. The highest BCUT2D eigenvalue weighted by Gasteiger charge is 2.55. The molecule has 3 N–H and O–H groups in total. The minimum absolute atomic E-state index is 0.404. The third-order valence-electron chi connectivity index (χ3n) is 3.67. The first-order valence-electron chi connectivity index (χ1n) is 7.85. The van der Waals surface area contributed by atoms with Crippen molar-refractivity contribution in [1.29, 1.82) is 0 Å². The molecule has 0 bridgehead atoms. The molecule has 26 heavy (non-hydrogen) atoms. The maximum absolute atomic E-state index is 12.9. The lowest BCUT2D eigenvalue weighted by atomic mass is 9.86. The van der Waals surface area contributed by atoms with E-state index in [1.807, 2.05) is 33.0 Å². The molecule has 148 valence electrons. The Bertz CT molecular complexity index is 645. The lowest BCUT2D eigenvalue weighted by Gasteiger charge is -2.31. The predicted octanol–water partition coefficient (Wildman–Crippen LogP) is 4.20. The Balaban J connectivity index is 3.16. The summed E-state index contributed by atoms with van der Waals surface area (Å²) < 4.78 is 44.1. The Hall–Kier alpha value is -1.58. The molecule has 1 heterocycles. The van der Waals surface area contributed by atoms with Crippen LogP contribution in [0.4, 0.5) is 23.7 Å². The number of aromatic nitrogens is 1. The van der Waals surface area contributed by atoms with Crippen molar-refractivity contribution in [2.45, 2.75) is 58.6 Å². The van der Waals surface area contributed by atoms with Gasteiger partial charge in [-0.15, -0.1) is 0 Å². The monoisotopic (exact) mass is 398 g/mol. The SMILES string of the molecule is CCCC(OC(=O)Nc1c(C(O)(O)C(F)(F)F)ccnc1Cl)C(C)(C)C. The first-order valence-corrected chi connectivity index (χ1v) is 8.23. The number of rotatable bonds is 5. The number of amides is 1. The summed E-state index contributed by atoms with van der Waals surface area (Å²) >= 11 is 5.75. The molecule has 0 saturated carbocycles. The van der Waals surface area contributed by atoms with Crippen LogP contribution in [0.15, 0.2) is 12.3 Å². The number of anilines is 1. The number of carbonyl (C=O) groups is 1. The molecule has 0 aliphatic carbocycles. The van der Waals surface area contributed by atoms with Gasteiger partial charge in [-0.25, -0.2) is 9.78 Å². The molecule has 0 spiro atoms. The summed E-state index contributed by atoms with van der Waals surface area (Å²) in [6, 6.07) is 0.697. The van der Waals surface area contributed by atoms with Gasteiger partial charge in [-0.3, -0.25) is 5.32 Å². The van der Waals surface area contributed by atoms with E-state index in [1.165, 1.54) is 0 Å². The number of halogens is 4. The standard InChI is InChI=1S/C16H22ClF3N2O4/c1-5-6-10(14(2,3)4)26-13(23)22-11-9(7-8-21-12(11)17)15(24,25)16(18,19)20/h7-8,10,24-25H,5-6H2,1-4H3,(H,22,23). The Morgan fingerprint density at radius 2 is 1.92 bits per heavy atom. The largest absolute Gasteiger partial charge is 0.447 e. The summed E-state index contributed by atoms with van der Waals surface area (Å²) in [4.78, 5) is 15.7. The lowest BCUT2D eigenvalue weighted by molar-refractivity contribution is -0.358. The number of ether oxygens (including phenoxy) is 1. The minimum Gasteiger partial charge on any atom is -0.445 e. The molecule has 0 aliphatic heterocycles. The summed E-state index contributed by atoms with van der Waals surface area (Å²) in [7, 11) is 0. The predicted molar refractivity (Wildman–Crippen MR) is 89.7 cm³/mol. The van der Waals surface area contributed by atoms with Crippen molar-refractivity contribution in [3.8, 4) is 0 Å². The van der Waals surface area contributed by atoms with Gasteiger partial charge in [-0.05, 0) is 17.9 Å². The molecule has 10 heteroatoms. The van der Waals surface area contributed by atoms with Crippen LogP contribution in [0.2, 0.25) is 5.15 Å². The summed E-state index contributed by atoms with van der Waals surface area (Å²) in [5.74, 6) is -4.23. The fraction of sp³-hybridized carbons (Fsp3) is 0.625. The molecule has 0 radical (unpaired) electrons. The van der Waals surface area contributed by atoms with E-state index in [1.54, 1.807) is 0 Å². The number of pyridine rings is 1. The number of alkyl halides is 3. The van der Waals surface area contributed by atoms with E-state index in [9.17, 15) is 28.2 Å². The highest BCUT2D eigenvalue weighted by atomic mass is 35.5. The summed E-state index contributed by atoms with van der Waals surface area (Å²) in [5, 5.41) is 20.5. The van der Waals surface area contributed by atoms with Crippen LogP contribution in [0.1, 0.15) is 46.1 Å². The second-order valence-electron chi connectivity index (χ2n) is 6.87. The summed E-state index contributed by atoms with van der Waals surface area (Å²) in [6.45, 7) is 7.43. The van der Waals surface area contributed by atoms with Gasteiger partial charge in [0, 0.05) is 11.8 Å². The van der Waals surface area contributed by atoms with Crippen LogP contribution in [0, 0.1) is 5.41 Å². The van der Waals surface area contributed by atoms with Crippen molar-refractivity contribution < 1.29 is 32.9 Å². The van der Waals surface area contributed by atoms with Gasteiger partial charge in [0.1, 0.15) is 6.10 Å². The number of aliphatic hydroxyl groups is 2. The Kier molecular flexibility index (Phi) is 6.89. The molecule has 1 unspecified atom stereocenters. The van der Waals surface area contributed by atoms with Crippen molar-refractivity contribution in [2.75, 3.05) is 5.32 Å². The first kappa shape index (κ1) is 22.5. The fourth-order valence-corrected chi connectivity index (χ4v) is 2.40. The van der Waals surface area contributed by atoms with Gasteiger partial charge in [0.25, 0.3) is 5.79 Å². The van der Waals surface area contributed by atoms with Gasteiger partial charge < -0.3 is 14.9 Å². The summed E-state index contributed by atoms with van der Waals surface area (Å²) in [6.07, 6.45) is -4.89. The van der Waals surface area contributed by atoms with Crippen LogP contribution < -0.4 is 5.32 Å². The second-order valence-corrected chi connectivity index (χ2v) is 7.23. The van der Waals surface area contributed by atoms with Crippen LogP contribution in [0.25, 0.3) is 0 Å². The van der Waals surface area contributed by atoms with Gasteiger partial charge in [-0.1, -0.05) is 45.7 Å². The van der Waals surface area contributed by atoms with Crippen LogP contribution in [0.3, 0.4) is 0 Å². The van der Waals surface area contributed by atoms with Gasteiger partial charge in [-0.2, -0.15) is 13.2 Å². The minimum atomic E-state index is -5.42. The third-order valence-corrected chi connectivity index (χ3v) is 3.96. The maximum Gasteiger partial charge on any atom is 0.447 e. The Labute approximate surface area is 154 Å². The molecule has 1 rings (SSSR count). The van der Waals surface area contributed by atoms with Crippen LogP contribution >= 0.6 is 11.6 Å². The third kappa shape index (κ3) is 5.21. The normalized spacial score (nSPS) is 14.1. The van der Waals surface area contributed by atoms with Gasteiger partial charge in [0.05, 0.1) is 5.69 Å². The molecule has 1 aromatic rings. The molecule has 1 aromatic heterocycles. The molecule has 0 saturated heterocycles. The number of nitrogens with one attached hydrogen (secondary N) is 1. The topological polar surface area (TPSA) is 91.7 Å². The zero-order valence-electron chi connectivity index (χ0n) is 14.8. The molecular formula is C16H22ClF3N2O4. The number of hydrogen-bond donors (Lipinski definition) is 3. The maximum atomic E-state index is 12.9. The van der Waals surface area contributed by atoms with Gasteiger partial charge >= 0.3 is 12.3 Å². The van der Waals surface area contributed by atoms with E-state index < -0.39 is 46.0 Å². The molecule has 0 aromatic carbocycles. The van der Waals surface area contributed by atoms with Crippen molar-refractivity contribution >= 4 is 23.4 Å². The fourth-order valence-electron chi connectivity index (χ4n) is 2.19. The van der Waals surface area contributed by atoms with E-state index in [-0.39, 0.29) is 0 Å². The van der Waals surface area contributed by atoms with Gasteiger partial charge in [0.2, 0.25) is 0 Å². The molecule has 0 fully saturated rings. The lowest BCUT2D eigenvalue weighted by Crippen LogP contribution is -2.43. The van der Waals surface area contributed by atoms with E-state index >= 15 is 0 Å². The average molecular weight is 399 g/mol. The van der Waals surface area contributed by atoms with Gasteiger partial charge in [0.15, 0.2) is 5.15 Å². The van der Waals surface area contributed by atoms with Crippen molar-refractivity contribution in [3.63, 3.8) is 0 Å². The van der Waals surface area contributed by atoms with Crippen molar-refractivity contribution in [3.05, 3.63) is 23.0 Å². The molecule has 1 amide bonds.